The fourth-order valence-corrected chi connectivity index (χ4v) is 2.39. The Kier molecular flexibility index (Phi) is 6.22. The smallest absolute Gasteiger partial charge is 0.134 e. The Morgan fingerprint density at radius 2 is 2.00 bits per heavy atom. The summed E-state index contributed by atoms with van der Waals surface area (Å²) in [6, 6.07) is 13.9. The molecule has 5 heteroatoms. The van der Waals surface area contributed by atoms with Crippen molar-refractivity contribution in [2.45, 2.75) is 20.0 Å². The van der Waals surface area contributed by atoms with Crippen LogP contribution in [0.1, 0.15) is 16.9 Å². The molecule has 0 bridgehead atoms. The predicted molar refractivity (Wildman–Crippen MR) is 95.9 cm³/mol. The lowest BCUT2D eigenvalue weighted by Gasteiger charge is -2.03. The number of benzene rings is 1. The lowest BCUT2D eigenvalue weighted by molar-refractivity contribution is 0.493. The van der Waals surface area contributed by atoms with Gasteiger partial charge in [0.25, 0.3) is 0 Å². The first-order chi connectivity index (χ1) is 10.7. The fourth-order valence-electron chi connectivity index (χ4n) is 2.21. The first kappa shape index (κ1) is 17.5. The first-order valence-electron chi connectivity index (χ1n) is 7.17. The molecule has 0 amide bonds. The zero-order valence-electron chi connectivity index (χ0n) is 12.8. The average Bonchev–Trinajstić information content (AvgIpc) is 3.00. The Hall–Kier alpha value is -1.81. The minimum absolute atomic E-state index is 0. The second-order valence-corrected chi connectivity index (χ2v) is 5.60. The number of pyridine rings is 1. The highest BCUT2D eigenvalue weighted by Crippen LogP contribution is 2.26. The molecule has 120 valence electrons. The quantitative estimate of drug-likeness (QED) is 0.703. The number of nitrogens with one attached hydrogen (secondary N) is 1. The van der Waals surface area contributed by atoms with E-state index in [1.165, 1.54) is 0 Å². The Morgan fingerprint density at radius 3 is 2.74 bits per heavy atom. The van der Waals surface area contributed by atoms with Crippen LogP contribution >= 0.6 is 24.0 Å². The summed E-state index contributed by atoms with van der Waals surface area (Å²) in [4.78, 5) is 4.09. The van der Waals surface area contributed by atoms with Crippen LogP contribution in [-0.2, 0) is 13.1 Å². The van der Waals surface area contributed by atoms with E-state index in [4.69, 9.17) is 16.0 Å². The summed E-state index contributed by atoms with van der Waals surface area (Å²) in [6.07, 6.45) is 3.63. The molecule has 0 aliphatic rings. The Balaban J connectivity index is 0.00000192. The van der Waals surface area contributed by atoms with Gasteiger partial charge >= 0.3 is 0 Å². The Bertz CT molecular complexity index is 757. The largest absolute Gasteiger partial charge is 0.460 e. The molecule has 2 aromatic heterocycles. The van der Waals surface area contributed by atoms with Crippen molar-refractivity contribution in [2.24, 2.45) is 0 Å². The van der Waals surface area contributed by atoms with Crippen LogP contribution in [0.15, 0.2) is 59.3 Å². The van der Waals surface area contributed by atoms with Gasteiger partial charge in [0.1, 0.15) is 11.5 Å². The third-order valence-corrected chi connectivity index (χ3v) is 3.88. The highest BCUT2D eigenvalue weighted by atomic mass is 35.5. The summed E-state index contributed by atoms with van der Waals surface area (Å²) in [5.41, 5.74) is 3.21. The van der Waals surface area contributed by atoms with Crippen molar-refractivity contribution in [3.05, 3.63) is 76.8 Å². The number of nitrogens with zero attached hydrogens (tertiary/aromatic N) is 1. The van der Waals surface area contributed by atoms with Gasteiger partial charge in [0.2, 0.25) is 0 Å². The van der Waals surface area contributed by atoms with Crippen molar-refractivity contribution in [1.82, 2.24) is 10.3 Å². The summed E-state index contributed by atoms with van der Waals surface area (Å²) in [5, 5.41) is 4.10. The van der Waals surface area contributed by atoms with Gasteiger partial charge in [-0.15, -0.1) is 12.4 Å². The Labute approximate surface area is 147 Å². The van der Waals surface area contributed by atoms with Crippen LogP contribution in [0.4, 0.5) is 0 Å². The lowest BCUT2D eigenvalue weighted by atomic mass is 10.1. The van der Waals surface area contributed by atoms with Gasteiger partial charge < -0.3 is 9.73 Å². The van der Waals surface area contributed by atoms with E-state index in [-0.39, 0.29) is 12.4 Å². The zero-order valence-corrected chi connectivity index (χ0v) is 14.3. The summed E-state index contributed by atoms with van der Waals surface area (Å²) in [5.74, 6) is 1.73. The molecule has 0 atom stereocenters. The SMILES string of the molecule is Cc1ccc(-c2ccc(CNCc3cccnc3)o2)cc1Cl.Cl. The van der Waals surface area contributed by atoms with Crippen LogP contribution in [0, 0.1) is 6.92 Å². The van der Waals surface area contributed by atoms with Crippen LogP contribution in [0.2, 0.25) is 5.02 Å². The van der Waals surface area contributed by atoms with Crippen LogP contribution < -0.4 is 5.32 Å². The monoisotopic (exact) mass is 348 g/mol. The van der Waals surface area contributed by atoms with Gasteiger partial charge in [-0.25, -0.2) is 0 Å². The van der Waals surface area contributed by atoms with E-state index in [2.05, 4.69) is 10.3 Å². The molecule has 1 N–H and O–H groups in total. The fraction of sp³-hybridized carbons (Fsp3) is 0.167. The Morgan fingerprint density at radius 1 is 1.13 bits per heavy atom. The minimum Gasteiger partial charge on any atom is -0.460 e. The summed E-state index contributed by atoms with van der Waals surface area (Å²) >= 11 is 6.16. The number of aromatic nitrogens is 1. The van der Waals surface area contributed by atoms with E-state index in [1.54, 1.807) is 6.20 Å². The molecule has 0 saturated heterocycles. The van der Waals surface area contributed by atoms with E-state index in [1.807, 2.05) is 55.6 Å². The van der Waals surface area contributed by atoms with Crippen LogP contribution in [0.3, 0.4) is 0 Å². The second-order valence-electron chi connectivity index (χ2n) is 5.19. The lowest BCUT2D eigenvalue weighted by Crippen LogP contribution is -2.12. The third-order valence-electron chi connectivity index (χ3n) is 3.47. The van der Waals surface area contributed by atoms with Crippen molar-refractivity contribution in [3.8, 4) is 11.3 Å². The summed E-state index contributed by atoms with van der Waals surface area (Å²) < 4.78 is 5.87. The molecule has 0 aliphatic heterocycles. The van der Waals surface area contributed by atoms with Crippen LogP contribution in [0.5, 0.6) is 0 Å². The van der Waals surface area contributed by atoms with Gasteiger partial charge in [0.05, 0.1) is 6.54 Å². The number of hydrogen-bond acceptors (Lipinski definition) is 3. The highest BCUT2D eigenvalue weighted by Gasteiger charge is 2.06. The van der Waals surface area contributed by atoms with Gasteiger partial charge in [0.15, 0.2) is 0 Å². The molecule has 23 heavy (non-hydrogen) atoms. The molecule has 0 saturated carbocycles. The molecule has 0 fully saturated rings. The predicted octanol–water partition coefficient (Wildman–Crippen LogP) is 5.02. The number of furan rings is 1. The second kappa shape index (κ2) is 8.16. The van der Waals surface area contributed by atoms with Crippen molar-refractivity contribution in [1.29, 1.82) is 0 Å². The maximum Gasteiger partial charge on any atom is 0.134 e. The standard InChI is InChI=1S/C18H17ClN2O.ClH/c1-13-4-5-15(9-17(13)19)18-7-6-16(22-18)12-21-11-14-3-2-8-20-10-14;/h2-10,21H,11-12H2,1H3;1H. The van der Waals surface area contributed by atoms with Crippen molar-refractivity contribution >= 4 is 24.0 Å². The van der Waals surface area contributed by atoms with Crippen molar-refractivity contribution < 1.29 is 4.42 Å². The van der Waals surface area contributed by atoms with Gasteiger partial charge in [0, 0.05) is 29.5 Å². The molecule has 0 radical (unpaired) electrons. The maximum atomic E-state index is 6.16. The molecule has 3 rings (SSSR count). The molecule has 3 aromatic rings. The average molecular weight is 349 g/mol. The van der Waals surface area contributed by atoms with Gasteiger partial charge in [-0.3, -0.25) is 4.98 Å². The van der Waals surface area contributed by atoms with E-state index in [9.17, 15) is 0 Å². The molecule has 3 nitrogen and oxygen atoms in total. The number of rotatable bonds is 5. The molecular formula is C18H18Cl2N2O. The molecular weight excluding hydrogens is 331 g/mol. The van der Waals surface area contributed by atoms with E-state index in [0.717, 1.165) is 39.8 Å². The highest BCUT2D eigenvalue weighted by molar-refractivity contribution is 6.31. The summed E-state index contributed by atoms with van der Waals surface area (Å²) in [6.45, 7) is 3.43. The van der Waals surface area contributed by atoms with Crippen LogP contribution in [-0.4, -0.2) is 4.98 Å². The number of aryl methyl sites for hydroxylation is 1. The minimum atomic E-state index is 0. The number of halogens is 2. The first-order valence-corrected chi connectivity index (χ1v) is 7.55. The van der Waals surface area contributed by atoms with Gasteiger partial charge in [-0.1, -0.05) is 29.8 Å². The van der Waals surface area contributed by atoms with Gasteiger partial charge in [-0.2, -0.15) is 0 Å². The topological polar surface area (TPSA) is 38.1 Å². The normalized spacial score (nSPS) is 10.3. The molecule has 1 aromatic carbocycles. The molecule has 0 spiro atoms. The summed E-state index contributed by atoms with van der Waals surface area (Å²) in [7, 11) is 0. The maximum absolute atomic E-state index is 6.16. The van der Waals surface area contributed by atoms with E-state index >= 15 is 0 Å². The van der Waals surface area contributed by atoms with Crippen molar-refractivity contribution in [2.75, 3.05) is 0 Å². The molecule has 0 aliphatic carbocycles. The molecule has 0 unspecified atom stereocenters. The van der Waals surface area contributed by atoms with E-state index in [0.29, 0.717) is 6.54 Å². The molecule has 2 heterocycles. The van der Waals surface area contributed by atoms with Gasteiger partial charge in [-0.05, 0) is 42.3 Å². The third kappa shape index (κ3) is 4.58. The number of hydrogen-bond donors (Lipinski definition) is 1. The van der Waals surface area contributed by atoms with Crippen LogP contribution in [0.25, 0.3) is 11.3 Å². The van der Waals surface area contributed by atoms with E-state index < -0.39 is 0 Å². The van der Waals surface area contributed by atoms with Crippen molar-refractivity contribution in [3.63, 3.8) is 0 Å². The zero-order chi connectivity index (χ0) is 15.4.